The number of halogens is 2. The highest BCUT2D eigenvalue weighted by Gasteiger charge is 2.30. The van der Waals surface area contributed by atoms with E-state index in [1.54, 1.807) is 29.2 Å². The fourth-order valence-corrected chi connectivity index (χ4v) is 5.01. The predicted octanol–water partition coefficient (Wildman–Crippen LogP) is 5.96. The molecule has 0 spiro atoms. The van der Waals surface area contributed by atoms with Gasteiger partial charge in [-0.3, -0.25) is 4.57 Å². The van der Waals surface area contributed by atoms with Gasteiger partial charge in [0.2, 0.25) is 0 Å². The van der Waals surface area contributed by atoms with Gasteiger partial charge in [-0.05, 0) is 42.0 Å². The number of ether oxygens (including phenoxy) is 1. The Morgan fingerprint density at radius 1 is 1.30 bits per heavy atom. The van der Waals surface area contributed by atoms with Crippen LogP contribution in [0.25, 0.3) is 10.7 Å². The Kier molecular flexibility index (Phi) is 5.70. The van der Waals surface area contributed by atoms with Gasteiger partial charge in [0, 0.05) is 11.8 Å². The van der Waals surface area contributed by atoms with Crippen LogP contribution in [0.1, 0.15) is 24.4 Å². The van der Waals surface area contributed by atoms with Crippen molar-refractivity contribution in [2.24, 2.45) is 0 Å². The van der Waals surface area contributed by atoms with Crippen molar-refractivity contribution in [3.8, 4) is 16.5 Å². The molecular formula is C18H17F2N3OS3. The van der Waals surface area contributed by atoms with E-state index in [-0.39, 0.29) is 0 Å². The summed E-state index contributed by atoms with van der Waals surface area (Å²) in [5, 5.41) is 11.7. The Bertz CT molecular complexity index is 911. The summed E-state index contributed by atoms with van der Waals surface area (Å²) in [7, 11) is 1.50. The van der Waals surface area contributed by atoms with E-state index in [1.807, 2.05) is 23.6 Å². The van der Waals surface area contributed by atoms with Gasteiger partial charge in [-0.25, -0.2) is 0 Å². The van der Waals surface area contributed by atoms with E-state index in [1.165, 1.54) is 7.11 Å². The van der Waals surface area contributed by atoms with Crippen molar-refractivity contribution in [3.05, 3.63) is 41.3 Å². The average molecular weight is 426 g/mol. The molecule has 0 atom stereocenters. The first kappa shape index (κ1) is 18.8. The lowest BCUT2D eigenvalue weighted by Crippen LogP contribution is -1.99. The zero-order valence-electron chi connectivity index (χ0n) is 14.5. The second-order valence-electron chi connectivity index (χ2n) is 6.04. The first-order valence-electron chi connectivity index (χ1n) is 8.39. The molecule has 0 radical (unpaired) electrons. The summed E-state index contributed by atoms with van der Waals surface area (Å²) < 4.78 is 32.8. The maximum atomic E-state index is 12.6. The van der Waals surface area contributed by atoms with Crippen LogP contribution < -0.4 is 4.74 Å². The number of rotatable bonds is 8. The standard InChI is InChI=1S/C18H17F2N3OS3/c1-24-13-9-11(4-7-14(13)27-17(19)20)10-26-18-22-21-16(15-3-2-8-25-15)23(18)12-5-6-12/h2-4,7-9,12,17H,5-6,10H2,1H3. The Hall–Kier alpha value is -1.58. The average Bonchev–Trinajstić information content (AvgIpc) is 3.18. The largest absolute Gasteiger partial charge is 0.496 e. The summed E-state index contributed by atoms with van der Waals surface area (Å²) in [6, 6.07) is 9.91. The van der Waals surface area contributed by atoms with Gasteiger partial charge >= 0.3 is 0 Å². The van der Waals surface area contributed by atoms with Crippen LogP contribution in [0.2, 0.25) is 0 Å². The van der Waals surface area contributed by atoms with Crippen LogP contribution in [0.5, 0.6) is 5.75 Å². The molecule has 1 fully saturated rings. The number of thiophene rings is 1. The van der Waals surface area contributed by atoms with Gasteiger partial charge in [0.15, 0.2) is 11.0 Å². The second kappa shape index (κ2) is 8.20. The third kappa shape index (κ3) is 4.30. The number of methoxy groups -OCH3 is 1. The highest BCUT2D eigenvalue weighted by molar-refractivity contribution is 7.99. The Morgan fingerprint density at radius 2 is 2.15 bits per heavy atom. The molecule has 1 aliphatic carbocycles. The minimum absolute atomic E-state index is 0.447. The van der Waals surface area contributed by atoms with Gasteiger partial charge in [0.25, 0.3) is 5.76 Å². The van der Waals surface area contributed by atoms with Crippen molar-refractivity contribution < 1.29 is 13.5 Å². The SMILES string of the molecule is COc1cc(CSc2nnc(-c3cccs3)n2C2CC2)ccc1SC(F)F. The van der Waals surface area contributed by atoms with Gasteiger partial charge in [-0.1, -0.05) is 35.7 Å². The molecule has 27 heavy (non-hydrogen) atoms. The topological polar surface area (TPSA) is 39.9 Å². The molecule has 0 N–H and O–H groups in total. The van der Waals surface area contributed by atoms with E-state index < -0.39 is 5.76 Å². The first-order valence-corrected chi connectivity index (χ1v) is 11.1. The van der Waals surface area contributed by atoms with E-state index in [9.17, 15) is 8.78 Å². The van der Waals surface area contributed by atoms with Crippen molar-refractivity contribution in [2.45, 2.75) is 40.4 Å². The Morgan fingerprint density at radius 3 is 2.81 bits per heavy atom. The maximum absolute atomic E-state index is 12.6. The molecule has 2 heterocycles. The monoisotopic (exact) mass is 425 g/mol. The lowest BCUT2D eigenvalue weighted by atomic mass is 10.2. The molecule has 1 saturated carbocycles. The van der Waals surface area contributed by atoms with Crippen LogP contribution >= 0.6 is 34.9 Å². The Labute approximate surface area is 168 Å². The van der Waals surface area contributed by atoms with Crippen molar-refractivity contribution in [1.82, 2.24) is 14.8 Å². The van der Waals surface area contributed by atoms with Crippen molar-refractivity contribution in [3.63, 3.8) is 0 Å². The minimum atomic E-state index is -2.47. The quantitative estimate of drug-likeness (QED) is 0.417. The van der Waals surface area contributed by atoms with Gasteiger partial charge in [0.05, 0.1) is 16.9 Å². The minimum Gasteiger partial charge on any atom is -0.496 e. The summed E-state index contributed by atoms with van der Waals surface area (Å²) >= 11 is 3.77. The number of thioether (sulfide) groups is 2. The first-order chi connectivity index (χ1) is 13.2. The number of hydrogen-bond acceptors (Lipinski definition) is 6. The van der Waals surface area contributed by atoms with Crippen molar-refractivity contribution in [2.75, 3.05) is 7.11 Å². The zero-order chi connectivity index (χ0) is 18.8. The van der Waals surface area contributed by atoms with Gasteiger partial charge in [-0.15, -0.1) is 21.5 Å². The fourth-order valence-electron chi connectivity index (χ4n) is 2.75. The van der Waals surface area contributed by atoms with Gasteiger partial charge < -0.3 is 4.74 Å². The molecule has 1 aromatic carbocycles. The van der Waals surface area contributed by atoms with E-state index >= 15 is 0 Å². The molecule has 0 bridgehead atoms. The van der Waals surface area contributed by atoms with E-state index in [0.717, 1.165) is 34.3 Å². The van der Waals surface area contributed by atoms with Crippen LogP contribution in [-0.2, 0) is 5.75 Å². The molecule has 2 aromatic heterocycles. The van der Waals surface area contributed by atoms with E-state index in [0.29, 0.717) is 34.2 Å². The molecule has 1 aliphatic rings. The van der Waals surface area contributed by atoms with Crippen LogP contribution in [0, 0.1) is 0 Å². The lowest BCUT2D eigenvalue weighted by Gasteiger charge is -2.11. The van der Waals surface area contributed by atoms with Crippen LogP contribution in [0.15, 0.2) is 45.8 Å². The molecule has 3 aromatic rings. The number of alkyl halides is 2. The highest BCUT2D eigenvalue weighted by Crippen LogP contribution is 2.42. The maximum Gasteiger partial charge on any atom is 0.289 e. The van der Waals surface area contributed by atoms with E-state index in [4.69, 9.17) is 4.74 Å². The summed E-state index contributed by atoms with van der Waals surface area (Å²) in [6.45, 7) is 0. The third-order valence-electron chi connectivity index (χ3n) is 4.13. The van der Waals surface area contributed by atoms with Crippen molar-refractivity contribution >= 4 is 34.9 Å². The number of hydrogen-bond donors (Lipinski definition) is 0. The number of aromatic nitrogens is 3. The smallest absolute Gasteiger partial charge is 0.289 e. The predicted molar refractivity (Wildman–Crippen MR) is 106 cm³/mol. The van der Waals surface area contributed by atoms with E-state index in [2.05, 4.69) is 20.8 Å². The number of benzene rings is 1. The highest BCUT2D eigenvalue weighted by atomic mass is 32.2. The van der Waals surface area contributed by atoms with Crippen LogP contribution in [0.3, 0.4) is 0 Å². The molecule has 0 saturated heterocycles. The molecule has 4 rings (SSSR count). The molecule has 0 amide bonds. The molecule has 4 nitrogen and oxygen atoms in total. The van der Waals surface area contributed by atoms with Gasteiger partial charge in [0.1, 0.15) is 5.75 Å². The third-order valence-corrected chi connectivity index (χ3v) is 6.78. The number of nitrogens with zero attached hydrogens (tertiary/aromatic N) is 3. The molecule has 0 unspecified atom stereocenters. The molecule has 142 valence electrons. The summed E-state index contributed by atoms with van der Waals surface area (Å²) in [5.74, 6) is -0.393. The molecule has 0 aliphatic heterocycles. The van der Waals surface area contributed by atoms with Gasteiger partial charge in [-0.2, -0.15) is 8.78 Å². The normalized spacial score (nSPS) is 14.1. The second-order valence-corrected chi connectivity index (χ2v) is 8.96. The summed E-state index contributed by atoms with van der Waals surface area (Å²) in [5.41, 5.74) is 0.999. The summed E-state index contributed by atoms with van der Waals surface area (Å²) in [6.07, 6.45) is 2.30. The zero-order valence-corrected chi connectivity index (χ0v) is 16.9. The fraction of sp³-hybridized carbons (Fsp3) is 0.333. The molecular weight excluding hydrogens is 408 g/mol. The van der Waals surface area contributed by atoms with Crippen molar-refractivity contribution in [1.29, 1.82) is 0 Å². The lowest BCUT2D eigenvalue weighted by molar-refractivity contribution is 0.251. The van der Waals surface area contributed by atoms with Crippen LogP contribution in [0.4, 0.5) is 8.78 Å². The molecule has 9 heteroatoms. The van der Waals surface area contributed by atoms with Crippen LogP contribution in [-0.4, -0.2) is 27.6 Å². The Balaban J connectivity index is 1.52. The summed E-state index contributed by atoms with van der Waals surface area (Å²) in [4.78, 5) is 1.57.